The van der Waals surface area contributed by atoms with Gasteiger partial charge in [-0.05, 0) is 56.0 Å². The summed E-state index contributed by atoms with van der Waals surface area (Å²) in [5.74, 6) is 0. The molecule has 0 radical (unpaired) electrons. The molecule has 0 saturated carbocycles. The van der Waals surface area contributed by atoms with Gasteiger partial charge in [0.25, 0.3) is 0 Å². The summed E-state index contributed by atoms with van der Waals surface area (Å²) in [4.78, 5) is 0. The second-order valence-electron chi connectivity index (χ2n) is 6.11. The van der Waals surface area contributed by atoms with E-state index in [0.29, 0.717) is 6.04 Å². The molecule has 1 unspecified atom stereocenters. The maximum absolute atomic E-state index is 3.68. The van der Waals surface area contributed by atoms with E-state index in [1.165, 1.54) is 60.8 Å². The summed E-state index contributed by atoms with van der Waals surface area (Å²) in [6.07, 6.45) is 8.08. The minimum Gasteiger partial charge on any atom is -0.310 e. The van der Waals surface area contributed by atoms with Crippen LogP contribution in [0.1, 0.15) is 80.7 Å². The Morgan fingerprint density at radius 1 is 0.850 bits per heavy atom. The van der Waals surface area contributed by atoms with Crippen LogP contribution in [0.2, 0.25) is 0 Å². The molecule has 1 N–H and O–H groups in total. The van der Waals surface area contributed by atoms with Crippen molar-refractivity contribution in [2.45, 2.75) is 79.2 Å². The number of hydrogen-bond acceptors (Lipinski definition) is 1. The SMILES string of the molecule is CCCCCCCC(NCC)c1cc(C)c(C)cc1C. The fourth-order valence-corrected chi connectivity index (χ4v) is 2.92. The van der Waals surface area contributed by atoms with Gasteiger partial charge < -0.3 is 5.32 Å². The minimum atomic E-state index is 0.529. The van der Waals surface area contributed by atoms with Gasteiger partial charge in [0, 0.05) is 6.04 Å². The first-order valence-electron chi connectivity index (χ1n) is 8.41. The molecule has 1 atom stereocenters. The zero-order valence-electron chi connectivity index (χ0n) is 14.2. The van der Waals surface area contributed by atoms with Gasteiger partial charge in [0.15, 0.2) is 0 Å². The van der Waals surface area contributed by atoms with Crippen LogP contribution in [0.25, 0.3) is 0 Å². The molecule has 1 nitrogen and oxygen atoms in total. The van der Waals surface area contributed by atoms with Gasteiger partial charge in [-0.3, -0.25) is 0 Å². The quantitative estimate of drug-likeness (QED) is 0.576. The molecule has 0 fully saturated rings. The molecule has 114 valence electrons. The van der Waals surface area contributed by atoms with Crippen LogP contribution in [0.4, 0.5) is 0 Å². The molecule has 0 bridgehead atoms. The van der Waals surface area contributed by atoms with Gasteiger partial charge >= 0.3 is 0 Å². The van der Waals surface area contributed by atoms with Crippen LogP contribution in [0.5, 0.6) is 0 Å². The van der Waals surface area contributed by atoms with E-state index < -0.39 is 0 Å². The van der Waals surface area contributed by atoms with Crippen LogP contribution < -0.4 is 5.32 Å². The van der Waals surface area contributed by atoms with Crippen LogP contribution in [-0.4, -0.2) is 6.54 Å². The fraction of sp³-hybridized carbons (Fsp3) is 0.684. The molecule has 0 saturated heterocycles. The monoisotopic (exact) mass is 275 g/mol. The van der Waals surface area contributed by atoms with E-state index in [1.54, 1.807) is 0 Å². The van der Waals surface area contributed by atoms with E-state index in [4.69, 9.17) is 0 Å². The maximum atomic E-state index is 3.68. The van der Waals surface area contributed by atoms with Gasteiger partial charge in [-0.25, -0.2) is 0 Å². The second kappa shape index (κ2) is 9.18. The van der Waals surface area contributed by atoms with E-state index in [1.807, 2.05) is 0 Å². The van der Waals surface area contributed by atoms with E-state index in [-0.39, 0.29) is 0 Å². The highest BCUT2D eigenvalue weighted by Gasteiger charge is 2.13. The molecule has 1 aromatic rings. The van der Waals surface area contributed by atoms with E-state index in [0.717, 1.165) is 6.54 Å². The van der Waals surface area contributed by atoms with Gasteiger partial charge in [-0.2, -0.15) is 0 Å². The number of unbranched alkanes of at least 4 members (excludes halogenated alkanes) is 4. The maximum Gasteiger partial charge on any atom is 0.0322 e. The number of nitrogens with one attached hydrogen (secondary N) is 1. The zero-order chi connectivity index (χ0) is 15.0. The third kappa shape index (κ3) is 5.28. The molecular formula is C19H33N. The lowest BCUT2D eigenvalue weighted by molar-refractivity contribution is 0.477. The lowest BCUT2D eigenvalue weighted by Gasteiger charge is -2.22. The topological polar surface area (TPSA) is 12.0 Å². The summed E-state index contributed by atoms with van der Waals surface area (Å²) in [6, 6.07) is 5.26. The molecule has 0 spiro atoms. The molecule has 1 rings (SSSR count). The van der Waals surface area contributed by atoms with Crippen molar-refractivity contribution >= 4 is 0 Å². The highest BCUT2D eigenvalue weighted by molar-refractivity contribution is 5.38. The molecule has 0 heterocycles. The van der Waals surface area contributed by atoms with Crippen molar-refractivity contribution < 1.29 is 0 Å². The Morgan fingerprint density at radius 3 is 2.15 bits per heavy atom. The summed E-state index contributed by atoms with van der Waals surface area (Å²) in [5, 5.41) is 3.68. The van der Waals surface area contributed by atoms with E-state index in [9.17, 15) is 0 Å². The summed E-state index contributed by atoms with van der Waals surface area (Å²) in [6.45, 7) is 12.2. The van der Waals surface area contributed by atoms with Crippen LogP contribution >= 0.6 is 0 Å². The minimum absolute atomic E-state index is 0.529. The number of aryl methyl sites for hydroxylation is 3. The van der Waals surface area contributed by atoms with Gasteiger partial charge in [0.2, 0.25) is 0 Å². The van der Waals surface area contributed by atoms with Crippen LogP contribution in [-0.2, 0) is 0 Å². The summed E-state index contributed by atoms with van der Waals surface area (Å²) in [5.41, 5.74) is 5.77. The molecule has 0 aliphatic heterocycles. The first-order valence-corrected chi connectivity index (χ1v) is 8.41. The van der Waals surface area contributed by atoms with Gasteiger partial charge in [0.05, 0.1) is 0 Å². The molecule has 0 aliphatic rings. The van der Waals surface area contributed by atoms with Gasteiger partial charge in [0.1, 0.15) is 0 Å². The average molecular weight is 275 g/mol. The number of rotatable bonds is 9. The predicted octanol–water partition coefficient (Wildman–Crippen LogP) is 5.62. The van der Waals surface area contributed by atoms with Crippen molar-refractivity contribution in [1.82, 2.24) is 5.32 Å². The largest absolute Gasteiger partial charge is 0.310 e. The van der Waals surface area contributed by atoms with Crippen molar-refractivity contribution in [1.29, 1.82) is 0 Å². The standard InChI is InChI=1S/C19H33N/c1-6-8-9-10-11-12-19(20-7-2)18-14-16(4)15(3)13-17(18)5/h13-14,19-20H,6-12H2,1-5H3. The fourth-order valence-electron chi connectivity index (χ4n) is 2.92. The van der Waals surface area contributed by atoms with E-state index in [2.05, 4.69) is 52.1 Å². The van der Waals surface area contributed by atoms with Crippen LogP contribution in [0.15, 0.2) is 12.1 Å². The summed E-state index contributed by atoms with van der Waals surface area (Å²) < 4.78 is 0. The Morgan fingerprint density at radius 2 is 1.50 bits per heavy atom. The van der Waals surface area contributed by atoms with Crippen molar-refractivity contribution in [2.75, 3.05) is 6.54 Å². The first kappa shape index (κ1) is 17.2. The Kier molecular flexibility index (Phi) is 7.91. The van der Waals surface area contributed by atoms with Crippen molar-refractivity contribution in [3.63, 3.8) is 0 Å². The average Bonchev–Trinajstić information content (AvgIpc) is 2.41. The third-order valence-electron chi connectivity index (χ3n) is 4.30. The summed E-state index contributed by atoms with van der Waals surface area (Å²) in [7, 11) is 0. The van der Waals surface area contributed by atoms with Crippen LogP contribution in [0.3, 0.4) is 0 Å². The zero-order valence-corrected chi connectivity index (χ0v) is 14.2. The smallest absolute Gasteiger partial charge is 0.0322 e. The molecule has 20 heavy (non-hydrogen) atoms. The lowest BCUT2D eigenvalue weighted by Crippen LogP contribution is -2.22. The Labute approximate surface area is 126 Å². The molecule has 1 aromatic carbocycles. The van der Waals surface area contributed by atoms with Crippen molar-refractivity contribution in [3.05, 3.63) is 34.4 Å². The number of hydrogen-bond donors (Lipinski definition) is 1. The Hall–Kier alpha value is -0.820. The highest BCUT2D eigenvalue weighted by atomic mass is 14.9. The predicted molar refractivity (Wildman–Crippen MR) is 90.4 cm³/mol. The molecule has 0 amide bonds. The second-order valence-corrected chi connectivity index (χ2v) is 6.11. The van der Waals surface area contributed by atoms with Crippen molar-refractivity contribution in [2.24, 2.45) is 0 Å². The summed E-state index contributed by atoms with van der Waals surface area (Å²) >= 11 is 0. The third-order valence-corrected chi connectivity index (χ3v) is 4.30. The molecular weight excluding hydrogens is 242 g/mol. The highest BCUT2D eigenvalue weighted by Crippen LogP contribution is 2.26. The lowest BCUT2D eigenvalue weighted by atomic mass is 9.92. The molecule has 0 aliphatic carbocycles. The Balaban J connectivity index is 2.67. The Bertz CT molecular complexity index is 395. The first-order chi connectivity index (χ1) is 9.60. The van der Waals surface area contributed by atoms with Crippen LogP contribution in [0, 0.1) is 20.8 Å². The molecule has 0 aromatic heterocycles. The van der Waals surface area contributed by atoms with E-state index >= 15 is 0 Å². The normalized spacial score (nSPS) is 12.7. The van der Waals surface area contributed by atoms with Gasteiger partial charge in [-0.15, -0.1) is 0 Å². The molecule has 1 heteroatoms. The number of benzene rings is 1. The van der Waals surface area contributed by atoms with Gasteiger partial charge in [-0.1, -0.05) is 58.1 Å². The van der Waals surface area contributed by atoms with Crippen molar-refractivity contribution in [3.8, 4) is 0 Å².